The van der Waals surface area contributed by atoms with E-state index in [2.05, 4.69) is 39.6 Å². The molecule has 1 saturated carbocycles. The third-order valence-corrected chi connectivity index (χ3v) is 5.49. The van der Waals surface area contributed by atoms with Crippen LogP contribution in [0.4, 0.5) is 0 Å². The molecule has 0 unspecified atom stereocenters. The van der Waals surface area contributed by atoms with E-state index >= 15 is 0 Å². The molecule has 0 saturated heterocycles. The molecule has 1 aliphatic rings. The minimum absolute atomic E-state index is 0.558. The smallest absolute Gasteiger partial charge is 0.0314 e. The molecule has 1 nitrogen and oxygen atoms in total. The molecule has 0 atom stereocenters. The molecular weight excluding hydrogens is 282 g/mol. The van der Waals surface area contributed by atoms with Crippen LogP contribution >= 0.6 is 27.3 Å². The summed E-state index contributed by atoms with van der Waals surface area (Å²) in [6.07, 6.45) is 6.69. The van der Waals surface area contributed by atoms with Crippen molar-refractivity contribution in [1.29, 1.82) is 0 Å². The standard InChI is InChI=1S/C13H20BrNS/c1-2-7-15-10-13(5-3-6-13)9-12-11(14)4-8-16-12/h4,8,15H,2-3,5-7,9-10H2,1H3. The minimum Gasteiger partial charge on any atom is -0.316 e. The van der Waals surface area contributed by atoms with Gasteiger partial charge in [0.05, 0.1) is 0 Å². The Hall–Kier alpha value is 0.140. The molecule has 0 radical (unpaired) electrons. The molecule has 16 heavy (non-hydrogen) atoms. The van der Waals surface area contributed by atoms with Gasteiger partial charge in [0.2, 0.25) is 0 Å². The summed E-state index contributed by atoms with van der Waals surface area (Å²) in [5, 5.41) is 5.78. The molecule has 2 rings (SSSR count). The first-order valence-electron chi connectivity index (χ1n) is 6.18. The number of hydrogen-bond donors (Lipinski definition) is 1. The summed E-state index contributed by atoms with van der Waals surface area (Å²) in [7, 11) is 0. The minimum atomic E-state index is 0.558. The van der Waals surface area contributed by atoms with Gasteiger partial charge in [0.15, 0.2) is 0 Å². The monoisotopic (exact) mass is 301 g/mol. The van der Waals surface area contributed by atoms with Gasteiger partial charge in [-0.3, -0.25) is 0 Å². The topological polar surface area (TPSA) is 12.0 Å². The average Bonchev–Trinajstić information content (AvgIpc) is 2.61. The van der Waals surface area contributed by atoms with Crippen LogP contribution in [0.1, 0.15) is 37.5 Å². The van der Waals surface area contributed by atoms with Gasteiger partial charge in [0.25, 0.3) is 0 Å². The van der Waals surface area contributed by atoms with Crippen LogP contribution in [0.5, 0.6) is 0 Å². The van der Waals surface area contributed by atoms with Gasteiger partial charge in [0.1, 0.15) is 0 Å². The van der Waals surface area contributed by atoms with Crippen LogP contribution in [0.25, 0.3) is 0 Å². The SMILES string of the molecule is CCCNCC1(Cc2sccc2Br)CCC1. The summed E-state index contributed by atoms with van der Waals surface area (Å²) in [5.74, 6) is 0. The van der Waals surface area contributed by atoms with Crippen LogP contribution in [0.15, 0.2) is 15.9 Å². The first kappa shape index (κ1) is 12.6. The van der Waals surface area contributed by atoms with Gasteiger partial charge in [-0.1, -0.05) is 13.3 Å². The zero-order valence-electron chi connectivity index (χ0n) is 9.89. The zero-order valence-corrected chi connectivity index (χ0v) is 12.3. The van der Waals surface area contributed by atoms with Gasteiger partial charge in [-0.15, -0.1) is 11.3 Å². The van der Waals surface area contributed by atoms with Crippen LogP contribution in [-0.2, 0) is 6.42 Å². The number of halogens is 1. The van der Waals surface area contributed by atoms with Gasteiger partial charge in [-0.2, -0.15) is 0 Å². The van der Waals surface area contributed by atoms with Gasteiger partial charge in [-0.05, 0) is 65.0 Å². The molecule has 1 aromatic rings. The highest BCUT2D eigenvalue weighted by atomic mass is 79.9. The fraction of sp³-hybridized carbons (Fsp3) is 0.692. The molecule has 1 N–H and O–H groups in total. The van der Waals surface area contributed by atoms with Crippen molar-refractivity contribution in [3.05, 3.63) is 20.8 Å². The molecule has 0 amide bonds. The molecule has 1 aliphatic carbocycles. The maximum atomic E-state index is 3.64. The molecule has 0 spiro atoms. The van der Waals surface area contributed by atoms with Crippen LogP contribution in [0.3, 0.4) is 0 Å². The van der Waals surface area contributed by atoms with Crippen molar-refractivity contribution in [3.8, 4) is 0 Å². The van der Waals surface area contributed by atoms with Crippen molar-refractivity contribution in [1.82, 2.24) is 5.32 Å². The number of nitrogens with one attached hydrogen (secondary N) is 1. The Morgan fingerprint density at radius 2 is 2.31 bits per heavy atom. The molecule has 1 fully saturated rings. The number of rotatable bonds is 6. The van der Waals surface area contributed by atoms with Crippen molar-refractivity contribution >= 4 is 27.3 Å². The Labute approximate surface area is 111 Å². The van der Waals surface area contributed by atoms with Gasteiger partial charge in [-0.25, -0.2) is 0 Å². The Morgan fingerprint density at radius 3 is 2.81 bits per heavy atom. The van der Waals surface area contributed by atoms with E-state index in [9.17, 15) is 0 Å². The van der Waals surface area contributed by atoms with Crippen LogP contribution in [0.2, 0.25) is 0 Å². The summed E-state index contributed by atoms with van der Waals surface area (Å²) in [6, 6.07) is 2.17. The zero-order chi connectivity index (χ0) is 11.4. The number of hydrogen-bond acceptors (Lipinski definition) is 2. The average molecular weight is 302 g/mol. The summed E-state index contributed by atoms with van der Waals surface area (Å²) in [5.41, 5.74) is 0.558. The normalized spacial score (nSPS) is 18.4. The van der Waals surface area contributed by atoms with E-state index in [1.807, 2.05) is 11.3 Å². The molecular formula is C13H20BrNS. The summed E-state index contributed by atoms with van der Waals surface area (Å²) >= 11 is 5.53. The summed E-state index contributed by atoms with van der Waals surface area (Å²) in [6.45, 7) is 4.59. The molecule has 90 valence electrons. The Balaban J connectivity index is 1.92. The molecule has 0 aliphatic heterocycles. The molecule has 1 heterocycles. The van der Waals surface area contributed by atoms with E-state index in [1.165, 1.54) is 48.0 Å². The second kappa shape index (κ2) is 5.65. The molecule has 1 aromatic heterocycles. The van der Waals surface area contributed by atoms with Crippen LogP contribution < -0.4 is 5.32 Å². The molecule has 0 bridgehead atoms. The van der Waals surface area contributed by atoms with Crippen LogP contribution in [0, 0.1) is 5.41 Å². The maximum absolute atomic E-state index is 3.64. The lowest BCUT2D eigenvalue weighted by Crippen LogP contribution is -2.41. The predicted octanol–water partition coefficient (Wildman–Crippen LogP) is 4.22. The highest BCUT2D eigenvalue weighted by Gasteiger charge is 2.37. The lowest BCUT2D eigenvalue weighted by Gasteiger charge is -2.42. The van der Waals surface area contributed by atoms with Crippen molar-refractivity contribution in [2.45, 2.75) is 39.0 Å². The third-order valence-electron chi connectivity index (χ3n) is 3.57. The fourth-order valence-corrected chi connectivity index (χ4v) is 4.08. The van der Waals surface area contributed by atoms with Crippen molar-refractivity contribution in [2.75, 3.05) is 13.1 Å². The summed E-state index contributed by atoms with van der Waals surface area (Å²) < 4.78 is 1.30. The van der Waals surface area contributed by atoms with Gasteiger partial charge >= 0.3 is 0 Å². The van der Waals surface area contributed by atoms with E-state index < -0.39 is 0 Å². The quantitative estimate of drug-likeness (QED) is 0.776. The fourth-order valence-electron chi connectivity index (χ4n) is 2.41. The first-order chi connectivity index (χ1) is 7.76. The lowest BCUT2D eigenvalue weighted by atomic mass is 9.66. The maximum Gasteiger partial charge on any atom is 0.0314 e. The van der Waals surface area contributed by atoms with E-state index in [1.54, 1.807) is 0 Å². The largest absolute Gasteiger partial charge is 0.316 e. The van der Waals surface area contributed by atoms with Crippen molar-refractivity contribution < 1.29 is 0 Å². The van der Waals surface area contributed by atoms with E-state index in [0.29, 0.717) is 5.41 Å². The second-order valence-electron chi connectivity index (χ2n) is 4.90. The van der Waals surface area contributed by atoms with E-state index in [-0.39, 0.29) is 0 Å². The Kier molecular flexibility index (Phi) is 4.45. The Bertz CT molecular complexity index is 330. The Morgan fingerprint density at radius 1 is 1.50 bits per heavy atom. The van der Waals surface area contributed by atoms with Crippen LogP contribution in [-0.4, -0.2) is 13.1 Å². The highest BCUT2D eigenvalue weighted by molar-refractivity contribution is 9.10. The molecule has 3 heteroatoms. The summed E-state index contributed by atoms with van der Waals surface area (Å²) in [4.78, 5) is 1.53. The first-order valence-corrected chi connectivity index (χ1v) is 7.86. The highest BCUT2D eigenvalue weighted by Crippen LogP contribution is 2.45. The van der Waals surface area contributed by atoms with Crippen molar-refractivity contribution in [3.63, 3.8) is 0 Å². The molecule has 0 aromatic carbocycles. The van der Waals surface area contributed by atoms with Gasteiger partial charge in [0, 0.05) is 15.9 Å². The van der Waals surface area contributed by atoms with Crippen molar-refractivity contribution in [2.24, 2.45) is 5.41 Å². The van der Waals surface area contributed by atoms with E-state index in [4.69, 9.17) is 0 Å². The van der Waals surface area contributed by atoms with E-state index in [0.717, 1.165) is 6.54 Å². The third kappa shape index (κ3) is 2.88. The van der Waals surface area contributed by atoms with Gasteiger partial charge < -0.3 is 5.32 Å². The lowest BCUT2D eigenvalue weighted by molar-refractivity contribution is 0.131. The predicted molar refractivity (Wildman–Crippen MR) is 75.2 cm³/mol. The second-order valence-corrected chi connectivity index (χ2v) is 6.75. The number of thiophene rings is 1.